The lowest BCUT2D eigenvalue weighted by Crippen LogP contribution is -2.03. The van der Waals surface area contributed by atoms with E-state index in [4.69, 9.17) is 5.73 Å². The molecule has 0 atom stereocenters. The lowest BCUT2D eigenvalue weighted by Gasteiger charge is -1.97. The van der Waals surface area contributed by atoms with Gasteiger partial charge in [0.25, 0.3) is 0 Å². The summed E-state index contributed by atoms with van der Waals surface area (Å²) >= 11 is 0. The highest BCUT2D eigenvalue weighted by Crippen LogP contribution is 2.24. The minimum absolute atomic E-state index is 0.0334. The molecule has 2 aromatic rings. The van der Waals surface area contributed by atoms with Crippen molar-refractivity contribution < 1.29 is 4.79 Å². The Morgan fingerprint density at radius 1 is 1.47 bits per heavy atom. The number of hydrogen-bond donors (Lipinski definition) is 2. The van der Waals surface area contributed by atoms with E-state index in [1.165, 1.54) is 0 Å². The number of benzene rings is 1. The summed E-state index contributed by atoms with van der Waals surface area (Å²) in [6.45, 7) is 3.96. The van der Waals surface area contributed by atoms with E-state index in [9.17, 15) is 4.79 Å². The molecule has 1 aromatic heterocycles. The molecule has 0 saturated carbocycles. The average Bonchev–Trinajstić information content (AvgIpc) is 2.57. The van der Waals surface area contributed by atoms with Gasteiger partial charge in [-0.1, -0.05) is 18.2 Å². The fraction of sp³-hybridized carbons (Fsp3) is 0.250. The number of aromatic amines is 1. The first-order valence-electron chi connectivity index (χ1n) is 4.96. The second-order valence-corrected chi connectivity index (χ2v) is 3.74. The van der Waals surface area contributed by atoms with Crippen molar-refractivity contribution in [3.63, 3.8) is 0 Å². The minimum Gasteiger partial charge on any atom is -0.352 e. The SMILES string of the molecule is CC(=O)c1[nH]c2c(C)cccc2c1CN. The predicted octanol–water partition coefficient (Wildman–Crippen LogP) is 2.14. The quantitative estimate of drug-likeness (QED) is 0.733. The zero-order chi connectivity index (χ0) is 11.0. The van der Waals surface area contributed by atoms with E-state index in [0.717, 1.165) is 22.0 Å². The van der Waals surface area contributed by atoms with E-state index in [1.54, 1.807) is 6.92 Å². The van der Waals surface area contributed by atoms with E-state index in [1.807, 2.05) is 25.1 Å². The molecule has 3 nitrogen and oxygen atoms in total. The van der Waals surface area contributed by atoms with E-state index in [0.29, 0.717) is 12.2 Å². The highest BCUT2D eigenvalue weighted by molar-refractivity contribution is 6.01. The van der Waals surface area contributed by atoms with Crippen molar-refractivity contribution in [2.24, 2.45) is 5.73 Å². The first-order chi connectivity index (χ1) is 7.15. The van der Waals surface area contributed by atoms with Gasteiger partial charge >= 0.3 is 0 Å². The molecule has 78 valence electrons. The van der Waals surface area contributed by atoms with Crippen molar-refractivity contribution in [1.82, 2.24) is 4.98 Å². The second kappa shape index (κ2) is 3.51. The Bertz CT molecular complexity index is 526. The Balaban J connectivity index is 2.84. The number of aromatic nitrogens is 1. The van der Waals surface area contributed by atoms with Crippen LogP contribution in [0.5, 0.6) is 0 Å². The van der Waals surface area contributed by atoms with Crippen LogP contribution in [0.1, 0.15) is 28.5 Å². The van der Waals surface area contributed by atoms with Crippen LogP contribution >= 0.6 is 0 Å². The molecule has 0 radical (unpaired) electrons. The summed E-state index contributed by atoms with van der Waals surface area (Å²) in [5.74, 6) is 0.0334. The van der Waals surface area contributed by atoms with Crippen molar-refractivity contribution in [3.05, 3.63) is 35.0 Å². The zero-order valence-corrected chi connectivity index (χ0v) is 8.92. The summed E-state index contributed by atoms with van der Waals surface area (Å²) in [5, 5.41) is 1.06. The highest BCUT2D eigenvalue weighted by Gasteiger charge is 2.13. The molecule has 1 heterocycles. The maximum Gasteiger partial charge on any atom is 0.176 e. The Kier molecular flexibility index (Phi) is 2.32. The molecule has 2 rings (SSSR count). The van der Waals surface area contributed by atoms with Crippen LogP contribution in [0.15, 0.2) is 18.2 Å². The fourth-order valence-electron chi connectivity index (χ4n) is 1.93. The van der Waals surface area contributed by atoms with Gasteiger partial charge in [0.15, 0.2) is 5.78 Å². The van der Waals surface area contributed by atoms with Gasteiger partial charge in [-0.15, -0.1) is 0 Å². The summed E-state index contributed by atoms with van der Waals surface area (Å²) in [6.07, 6.45) is 0. The first-order valence-corrected chi connectivity index (χ1v) is 4.96. The first kappa shape index (κ1) is 9.93. The van der Waals surface area contributed by atoms with Crippen LogP contribution in [-0.2, 0) is 6.54 Å². The maximum absolute atomic E-state index is 11.4. The second-order valence-electron chi connectivity index (χ2n) is 3.74. The van der Waals surface area contributed by atoms with Gasteiger partial charge in [0.1, 0.15) is 0 Å². The fourth-order valence-corrected chi connectivity index (χ4v) is 1.93. The average molecular weight is 202 g/mol. The van der Waals surface area contributed by atoms with Crippen molar-refractivity contribution in [3.8, 4) is 0 Å². The number of hydrogen-bond acceptors (Lipinski definition) is 2. The van der Waals surface area contributed by atoms with Crippen LogP contribution in [-0.4, -0.2) is 10.8 Å². The van der Waals surface area contributed by atoms with Crippen molar-refractivity contribution in [2.75, 3.05) is 0 Å². The number of carbonyl (C=O) groups excluding carboxylic acids is 1. The molecule has 0 amide bonds. The third-order valence-corrected chi connectivity index (χ3v) is 2.71. The Morgan fingerprint density at radius 2 is 2.20 bits per heavy atom. The summed E-state index contributed by atoms with van der Waals surface area (Å²) in [4.78, 5) is 14.6. The van der Waals surface area contributed by atoms with Crippen LogP contribution in [0.3, 0.4) is 0 Å². The van der Waals surface area contributed by atoms with Gasteiger partial charge < -0.3 is 10.7 Å². The van der Waals surface area contributed by atoms with Gasteiger partial charge in [-0.2, -0.15) is 0 Å². The molecular weight excluding hydrogens is 188 g/mol. The van der Waals surface area contributed by atoms with Crippen LogP contribution in [0, 0.1) is 6.92 Å². The predicted molar refractivity (Wildman–Crippen MR) is 60.9 cm³/mol. The number of Topliss-reactive ketones (excluding diaryl/α,β-unsaturated/α-hetero) is 1. The lowest BCUT2D eigenvalue weighted by atomic mass is 10.1. The van der Waals surface area contributed by atoms with Crippen molar-refractivity contribution in [2.45, 2.75) is 20.4 Å². The van der Waals surface area contributed by atoms with E-state index >= 15 is 0 Å². The number of aryl methyl sites for hydroxylation is 1. The lowest BCUT2D eigenvalue weighted by molar-refractivity contribution is 0.101. The van der Waals surface area contributed by atoms with E-state index < -0.39 is 0 Å². The monoisotopic (exact) mass is 202 g/mol. The molecule has 0 aliphatic carbocycles. The molecule has 0 spiro atoms. The summed E-state index contributed by atoms with van der Waals surface area (Å²) < 4.78 is 0. The number of carbonyl (C=O) groups is 1. The molecule has 0 saturated heterocycles. The minimum atomic E-state index is 0.0334. The van der Waals surface area contributed by atoms with Gasteiger partial charge in [0, 0.05) is 29.9 Å². The van der Waals surface area contributed by atoms with Gasteiger partial charge in [-0.3, -0.25) is 4.79 Å². The van der Waals surface area contributed by atoms with Gasteiger partial charge in [-0.05, 0) is 12.5 Å². The molecule has 3 heteroatoms. The van der Waals surface area contributed by atoms with Crippen LogP contribution in [0.2, 0.25) is 0 Å². The smallest absolute Gasteiger partial charge is 0.176 e. The normalized spacial score (nSPS) is 10.9. The Morgan fingerprint density at radius 3 is 2.80 bits per heavy atom. The maximum atomic E-state index is 11.4. The molecular formula is C12H14N2O. The molecule has 1 aromatic carbocycles. The number of nitrogens with two attached hydrogens (primary N) is 1. The zero-order valence-electron chi connectivity index (χ0n) is 8.92. The van der Waals surface area contributed by atoms with Gasteiger partial charge in [0.2, 0.25) is 0 Å². The third-order valence-electron chi connectivity index (χ3n) is 2.71. The molecule has 0 unspecified atom stereocenters. The van der Waals surface area contributed by atoms with Gasteiger partial charge in [0.05, 0.1) is 5.69 Å². The number of nitrogens with one attached hydrogen (secondary N) is 1. The Hall–Kier alpha value is -1.61. The van der Waals surface area contributed by atoms with Gasteiger partial charge in [-0.25, -0.2) is 0 Å². The standard InChI is InChI=1S/C12H14N2O/c1-7-4-3-5-9-10(6-13)12(8(2)15)14-11(7)9/h3-5,14H,6,13H2,1-2H3. The largest absolute Gasteiger partial charge is 0.352 e. The van der Waals surface area contributed by atoms with Crippen molar-refractivity contribution in [1.29, 1.82) is 0 Å². The van der Waals surface area contributed by atoms with Crippen LogP contribution in [0.25, 0.3) is 10.9 Å². The van der Waals surface area contributed by atoms with E-state index in [2.05, 4.69) is 4.98 Å². The number of rotatable bonds is 2. The third kappa shape index (κ3) is 1.45. The summed E-state index contributed by atoms with van der Waals surface area (Å²) in [7, 11) is 0. The molecule has 15 heavy (non-hydrogen) atoms. The Labute approximate surface area is 88.3 Å². The molecule has 3 N–H and O–H groups in total. The van der Waals surface area contributed by atoms with Crippen molar-refractivity contribution >= 4 is 16.7 Å². The topological polar surface area (TPSA) is 58.9 Å². The highest BCUT2D eigenvalue weighted by atomic mass is 16.1. The number of fused-ring (bicyclic) bond motifs is 1. The molecule has 0 aliphatic rings. The molecule has 0 aliphatic heterocycles. The number of para-hydroxylation sites is 1. The molecule has 0 fully saturated rings. The molecule has 0 bridgehead atoms. The summed E-state index contributed by atoms with van der Waals surface area (Å²) in [6, 6.07) is 5.99. The summed E-state index contributed by atoms with van der Waals surface area (Å²) in [5.41, 5.74) is 9.39. The van der Waals surface area contributed by atoms with Crippen LogP contribution in [0.4, 0.5) is 0 Å². The number of ketones is 1. The number of H-pyrrole nitrogens is 1. The van der Waals surface area contributed by atoms with Crippen LogP contribution < -0.4 is 5.73 Å². The van der Waals surface area contributed by atoms with E-state index in [-0.39, 0.29) is 5.78 Å².